The van der Waals surface area contributed by atoms with Gasteiger partial charge in [-0.15, -0.1) is 0 Å². The summed E-state index contributed by atoms with van der Waals surface area (Å²) in [6.07, 6.45) is 1.63. The molecule has 0 amide bonds. The Hall–Kier alpha value is -3.46. The van der Waals surface area contributed by atoms with Crippen LogP contribution in [0.25, 0.3) is 6.08 Å². The van der Waals surface area contributed by atoms with E-state index in [2.05, 4.69) is 4.99 Å². The summed E-state index contributed by atoms with van der Waals surface area (Å²) in [5.41, 5.74) is 0.785. The van der Waals surface area contributed by atoms with Gasteiger partial charge in [0.05, 0.1) is 38.5 Å². The number of hydrogen-bond donors (Lipinski definition) is 1. The highest BCUT2D eigenvalue weighted by Gasteiger charge is 2.33. The zero-order valence-corrected chi connectivity index (χ0v) is 18.8. The number of methoxy groups -OCH3 is 3. The van der Waals surface area contributed by atoms with E-state index >= 15 is 0 Å². The number of carbonyl (C=O) groups is 1. The Morgan fingerprint density at radius 3 is 2.50 bits per heavy atom. The molecule has 0 radical (unpaired) electrons. The van der Waals surface area contributed by atoms with Gasteiger partial charge >= 0.3 is 5.97 Å². The van der Waals surface area contributed by atoms with Crippen LogP contribution in [0.1, 0.15) is 12.5 Å². The van der Waals surface area contributed by atoms with Gasteiger partial charge in [0.1, 0.15) is 22.2 Å². The fourth-order valence-corrected chi connectivity index (χ4v) is 4.06. The molecule has 0 aliphatic carbocycles. The van der Waals surface area contributed by atoms with Crippen molar-refractivity contribution < 1.29 is 33.2 Å². The molecule has 168 valence electrons. The minimum atomic E-state index is -0.727. The summed E-state index contributed by atoms with van der Waals surface area (Å²) in [7, 11) is 4.48. The van der Waals surface area contributed by atoms with Gasteiger partial charge in [-0.3, -0.25) is 0 Å². The van der Waals surface area contributed by atoms with Crippen molar-refractivity contribution >= 4 is 34.5 Å². The maximum atomic E-state index is 13.6. The average Bonchev–Trinajstić information content (AvgIpc) is 3.07. The third-order valence-electron chi connectivity index (χ3n) is 4.43. The molecule has 1 N–H and O–H groups in total. The molecule has 9 heteroatoms. The topological polar surface area (TPSA) is 86.6 Å². The molecule has 0 bridgehead atoms. The van der Waals surface area contributed by atoms with Crippen molar-refractivity contribution in [3.05, 3.63) is 64.0 Å². The zero-order chi connectivity index (χ0) is 23.3. The van der Waals surface area contributed by atoms with Crippen molar-refractivity contribution in [3.63, 3.8) is 0 Å². The van der Waals surface area contributed by atoms with Gasteiger partial charge in [-0.25, -0.2) is 14.2 Å². The van der Waals surface area contributed by atoms with E-state index in [1.807, 2.05) is 0 Å². The molecule has 0 fully saturated rings. The number of aliphatic imine (C=N–C) groups is 1. The largest absolute Gasteiger partial charge is 0.506 e. The van der Waals surface area contributed by atoms with Gasteiger partial charge in [0.25, 0.3) is 0 Å². The Morgan fingerprint density at radius 2 is 1.88 bits per heavy atom. The average molecular weight is 459 g/mol. The molecule has 1 aliphatic rings. The molecule has 7 nitrogen and oxygen atoms in total. The minimum absolute atomic E-state index is 0.0909. The lowest BCUT2D eigenvalue weighted by Crippen LogP contribution is -2.12. The Kier molecular flexibility index (Phi) is 7.42. The van der Waals surface area contributed by atoms with Gasteiger partial charge in [0, 0.05) is 5.56 Å². The van der Waals surface area contributed by atoms with Crippen LogP contribution in [-0.2, 0) is 9.53 Å². The maximum Gasteiger partial charge on any atom is 0.344 e. The lowest BCUT2D eigenvalue weighted by Gasteiger charge is -2.14. The molecule has 0 unspecified atom stereocenters. The third-order valence-corrected chi connectivity index (χ3v) is 5.45. The van der Waals surface area contributed by atoms with Crippen molar-refractivity contribution in [2.75, 3.05) is 27.9 Å². The number of aliphatic hydroxyl groups excluding tert-OH is 1. The van der Waals surface area contributed by atoms with Crippen LogP contribution in [0.2, 0.25) is 0 Å². The summed E-state index contributed by atoms with van der Waals surface area (Å²) in [6.45, 7) is 1.78. The number of halogens is 1. The lowest BCUT2D eigenvalue weighted by atomic mass is 10.1. The SMILES string of the molecule is CCOC(=O)C1=C(O)C(=Cc2ccc(OC)c(OC)c2OC)SC1=Nc1cccc(F)c1. The number of thioether (sulfide) groups is 1. The van der Waals surface area contributed by atoms with Crippen LogP contribution in [0.15, 0.2) is 57.6 Å². The number of ether oxygens (including phenoxy) is 4. The summed E-state index contributed by atoms with van der Waals surface area (Å²) in [6, 6.07) is 9.05. The fourth-order valence-electron chi connectivity index (χ4n) is 3.03. The van der Waals surface area contributed by atoms with E-state index in [-0.39, 0.29) is 23.0 Å². The molecule has 0 saturated carbocycles. The molecule has 3 rings (SSSR count). The monoisotopic (exact) mass is 459 g/mol. The van der Waals surface area contributed by atoms with Crippen LogP contribution in [-0.4, -0.2) is 44.1 Å². The van der Waals surface area contributed by atoms with E-state index in [9.17, 15) is 14.3 Å². The molecule has 1 heterocycles. The van der Waals surface area contributed by atoms with Crippen LogP contribution in [0.5, 0.6) is 17.2 Å². The quantitative estimate of drug-likeness (QED) is 0.580. The van der Waals surface area contributed by atoms with Crippen LogP contribution in [0, 0.1) is 5.82 Å². The second-order valence-electron chi connectivity index (χ2n) is 6.38. The van der Waals surface area contributed by atoms with E-state index in [4.69, 9.17) is 18.9 Å². The highest BCUT2D eigenvalue weighted by Crippen LogP contribution is 2.44. The highest BCUT2D eigenvalue weighted by atomic mass is 32.2. The molecule has 2 aromatic rings. The summed E-state index contributed by atoms with van der Waals surface area (Å²) >= 11 is 1.06. The number of hydrogen-bond acceptors (Lipinski definition) is 8. The van der Waals surface area contributed by atoms with Crippen LogP contribution < -0.4 is 14.2 Å². The maximum absolute atomic E-state index is 13.6. The predicted octanol–water partition coefficient (Wildman–Crippen LogP) is 5.04. The van der Waals surface area contributed by atoms with Crippen LogP contribution in [0.3, 0.4) is 0 Å². The number of nitrogens with zero attached hydrogens (tertiary/aromatic N) is 1. The second-order valence-corrected chi connectivity index (χ2v) is 7.41. The van der Waals surface area contributed by atoms with Gasteiger partial charge in [0.2, 0.25) is 5.75 Å². The first-order chi connectivity index (χ1) is 15.4. The standard InChI is InChI=1S/C23H22FNO6S/c1-5-31-23(27)18-19(26)17(32-22(18)25-15-8-6-7-14(24)12-15)11-13-9-10-16(28-2)21(30-4)20(13)29-3/h6-12,26H,5H2,1-4H3. The Morgan fingerprint density at radius 1 is 1.12 bits per heavy atom. The van der Waals surface area contributed by atoms with Crippen molar-refractivity contribution in [3.8, 4) is 17.2 Å². The predicted molar refractivity (Wildman–Crippen MR) is 121 cm³/mol. The number of benzene rings is 2. The number of rotatable bonds is 7. The third kappa shape index (κ3) is 4.72. The summed E-state index contributed by atoms with van der Waals surface area (Å²) in [5, 5.41) is 11.0. The van der Waals surface area contributed by atoms with Crippen molar-refractivity contribution in [2.24, 2.45) is 4.99 Å². The molecule has 0 saturated heterocycles. The van der Waals surface area contributed by atoms with Gasteiger partial charge in [-0.2, -0.15) is 0 Å². The van der Waals surface area contributed by atoms with Crippen LogP contribution in [0.4, 0.5) is 10.1 Å². The first-order valence-corrected chi connectivity index (χ1v) is 10.4. The normalized spacial score (nSPS) is 15.9. The molecular weight excluding hydrogens is 437 g/mol. The summed E-state index contributed by atoms with van der Waals surface area (Å²) in [5.74, 6) is -0.232. The van der Waals surface area contributed by atoms with E-state index in [1.165, 1.54) is 39.5 Å². The van der Waals surface area contributed by atoms with Crippen molar-refractivity contribution in [2.45, 2.75) is 6.92 Å². The smallest absolute Gasteiger partial charge is 0.344 e. The number of carbonyl (C=O) groups excluding carboxylic acids is 1. The molecule has 2 aromatic carbocycles. The summed E-state index contributed by atoms with van der Waals surface area (Å²) < 4.78 is 34.9. The lowest BCUT2D eigenvalue weighted by molar-refractivity contribution is -0.138. The minimum Gasteiger partial charge on any atom is -0.506 e. The zero-order valence-electron chi connectivity index (χ0n) is 18.0. The highest BCUT2D eigenvalue weighted by molar-refractivity contribution is 8.18. The molecule has 1 aliphatic heterocycles. The molecular formula is C23H22FNO6S. The van der Waals surface area contributed by atoms with E-state index in [0.29, 0.717) is 33.4 Å². The van der Waals surface area contributed by atoms with Crippen molar-refractivity contribution in [1.29, 1.82) is 0 Å². The first kappa shape index (κ1) is 23.2. The van der Waals surface area contributed by atoms with Gasteiger partial charge in [-0.05, 0) is 43.3 Å². The number of esters is 1. The molecule has 0 aromatic heterocycles. The molecule has 0 atom stereocenters. The Labute approximate surface area is 189 Å². The van der Waals surface area contributed by atoms with E-state index in [1.54, 1.807) is 31.2 Å². The molecule has 32 heavy (non-hydrogen) atoms. The second kappa shape index (κ2) is 10.2. The van der Waals surface area contributed by atoms with Crippen molar-refractivity contribution in [1.82, 2.24) is 0 Å². The van der Waals surface area contributed by atoms with Gasteiger partial charge < -0.3 is 24.1 Å². The van der Waals surface area contributed by atoms with Crippen LogP contribution >= 0.6 is 11.8 Å². The fraction of sp³-hybridized carbons (Fsp3) is 0.217. The number of aliphatic hydroxyl groups is 1. The first-order valence-electron chi connectivity index (χ1n) is 9.57. The van der Waals surface area contributed by atoms with Gasteiger partial charge in [-0.1, -0.05) is 17.8 Å². The van der Waals surface area contributed by atoms with E-state index < -0.39 is 11.8 Å². The molecule has 0 spiro atoms. The Bertz CT molecular complexity index is 1130. The van der Waals surface area contributed by atoms with E-state index in [0.717, 1.165) is 11.8 Å². The summed E-state index contributed by atoms with van der Waals surface area (Å²) in [4.78, 5) is 17.2. The van der Waals surface area contributed by atoms with Gasteiger partial charge in [0.15, 0.2) is 11.5 Å². The Balaban J connectivity index is 2.12.